The molecule has 6 nitrogen and oxygen atoms in total. The van der Waals surface area contributed by atoms with E-state index in [1.165, 1.54) is 6.26 Å². The van der Waals surface area contributed by atoms with Crippen molar-refractivity contribution in [3.63, 3.8) is 0 Å². The van der Waals surface area contributed by atoms with Crippen LogP contribution in [0.5, 0.6) is 0 Å². The Kier molecular flexibility index (Phi) is 5.13. The summed E-state index contributed by atoms with van der Waals surface area (Å²) in [7, 11) is -1.05. The molecule has 2 aromatic rings. The first-order valence-corrected chi connectivity index (χ1v) is 7.82. The van der Waals surface area contributed by atoms with Crippen LogP contribution in [0.3, 0.4) is 0 Å². The molecule has 112 valence electrons. The maximum Gasteiger partial charge on any atom is 0.319 e. The van der Waals surface area contributed by atoms with E-state index in [2.05, 4.69) is 10.6 Å². The molecule has 1 aromatic heterocycles. The van der Waals surface area contributed by atoms with Gasteiger partial charge in [-0.3, -0.25) is 4.21 Å². The fourth-order valence-electron chi connectivity index (χ4n) is 1.68. The summed E-state index contributed by atoms with van der Waals surface area (Å²) in [4.78, 5) is 12.4. The summed E-state index contributed by atoms with van der Waals surface area (Å²) in [5.41, 5.74) is 0.578. The number of benzene rings is 1. The summed E-state index contributed by atoms with van der Waals surface area (Å²) < 4.78 is 16.3. The molecule has 2 rings (SSSR count). The fourth-order valence-corrected chi connectivity index (χ4v) is 2.20. The second kappa shape index (κ2) is 7.05. The highest BCUT2D eigenvalue weighted by Crippen LogP contribution is 2.13. The van der Waals surface area contributed by atoms with E-state index in [1.807, 2.05) is 0 Å². The Labute approximate surface area is 124 Å². The van der Waals surface area contributed by atoms with Gasteiger partial charge in [-0.15, -0.1) is 0 Å². The molecular weight excluding hydrogens is 292 g/mol. The van der Waals surface area contributed by atoms with E-state index in [9.17, 15) is 14.1 Å². The predicted octanol–water partition coefficient (Wildman–Crippen LogP) is 1.87. The van der Waals surface area contributed by atoms with Crippen LogP contribution >= 0.6 is 0 Å². The molecule has 2 unspecified atom stereocenters. The number of carbonyl (C=O) groups excluding carboxylic acids is 1. The van der Waals surface area contributed by atoms with Crippen molar-refractivity contribution in [3.05, 3.63) is 48.4 Å². The lowest BCUT2D eigenvalue weighted by molar-refractivity contribution is 0.149. The number of rotatable bonds is 5. The normalized spacial score (nSPS) is 13.4. The zero-order chi connectivity index (χ0) is 15.2. The quantitative estimate of drug-likeness (QED) is 0.786. The third-order valence-corrected chi connectivity index (χ3v) is 3.71. The van der Waals surface area contributed by atoms with Crippen LogP contribution in [0.4, 0.5) is 10.5 Å². The van der Waals surface area contributed by atoms with Crippen LogP contribution in [-0.2, 0) is 10.8 Å². The van der Waals surface area contributed by atoms with Gasteiger partial charge in [-0.2, -0.15) is 0 Å². The van der Waals surface area contributed by atoms with Gasteiger partial charge >= 0.3 is 6.03 Å². The minimum absolute atomic E-state index is 0.0381. The first-order chi connectivity index (χ1) is 10.1. The highest BCUT2D eigenvalue weighted by molar-refractivity contribution is 7.84. The van der Waals surface area contributed by atoms with Crippen molar-refractivity contribution in [2.24, 2.45) is 0 Å². The fraction of sp³-hybridized carbons (Fsp3) is 0.214. The topological polar surface area (TPSA) is 91.6 Å². The summed E-state index contributed by atoms with van der Waals surface area (Å²) in [6.07, 6.45) is 2.15. The molecule has 1 aromatic carbocycles. The summed E-state index contributed by atoms with van der Waals surface area (Å²) >= 11 is 0. The molecule has 2 amide bonds. The average molecular weight is 308 g/mol. The molecule has 7 heteroatoms. The van der Waals surface area contributed by atoms with Gasteiger partial charge in [-0.25, -0.2) is 4.79 Å². The first-order valence-electron chi connectivity index (χ1n) is 6.26. The van der Waals surface area contributed by atoms with Crippen LogP contribution in [0, 0.1) is 0 Å². The number of aliphatic hydroxyl groups excluding tert-OH is 1. The van der Waals surface area contributed by atoms with Crippen molar-refractivity contribution in [1.29, 1.82) is 0 Å². The van der Waals surface area contributed by atoms with Crippen LogP contribution in [0.15, 0.2) is 52.0 Å². The van der Waals surface area contributed by atoms with Crippen molar-refractivity contribution in [2.75, 3.05) is 18.1 Å². The summed E-state index contributed by atoms with van der Waals surface area (Å²) in [6, 6.07) is 9.56. The number of furan rings is 1. The smallest absolute Gasteiger partial charge is 0.319 e. The van der Waals surface area contributed by atoms with E-state index < -0.39 is 22.9 Å². The Morgan fingerprint density at radius 3 is 2.62 bits per heavy atom. The van der Waals surface area contributed by atoms with Gasteiger partial charge in [0.15, 0.2) is 0 Å². The lowest BCUT2D eigenvalue weighted by Crippen LogP contribution is -2.32. The monoisotopic (exact) mass is 308 g/mol. The van der Waals surface area contributed by atoms with Gasteiger partial charge in [-0.05, 0) is 36.4 Å². The maximum absolute atomic E-state index is 11.7. The van der Waals surface area contributed by atoms with Crippen LogP contribution < -0.4 is 10.6 Å². The minimum atomic E-state index is -1.05. The van der Waals surface area contributed by atoms with Crippen LogP contribution in [0.25, 0.3) is 0 Å². The lowest BCUT2D eigenvalue weighted by atomic mass is 10.3. The number of amides is 2. The molecule has 0 fully saturated rings. The highest BCUT2D eigenvalue weighted by atomic mass is 32.2. The standard InChI is InChI=1S/C14H16N2O4S/c1-21(19)11-6-4-10(5-7-11)16-14(18)15-9-12(17)13-3-2-8-20-13/h2-8,12,17H,9H2,1H3,(H2,15,16,18). The van der Waals surface area contributed by atoms with Gasteiger partial charge in [0.25, 0.3) is 0 Å². The molecule has 0 radical (unpaired) electrons. The van der Waals surface area contributed by atoms with Gasteiger partial charge in [0.1, 0.15) is 11.9 Å². The number of urea groups is 1. The zero-order valence-electron chi connectivity index (χ0n) is 11.4. The van der Waals surface area contributed by atoms with E-state index >= 15 is 0 Å². The largest absolute Gasteiger partial charge is 0.467 e. The summed E-state index contributed by atoms with van der Waals surface area (Å²) in [5, 5.41) is 14.9. The summed E-state index contributed by atoms with van der Waals surface area (Å²) in [6.45, 7) is 0.0381. The van der Waals surface area contributed by atoms with E-state index in [0.29, 0.717) is 16.3 Å². The molecule has 3 N–H and O–H groups in total. The Hall–Kier alpha value is -2.12. The Morgan fingerprint density at radius 1 is 1.33 bits per heavy atom. The van der Waals surface area contributed by atoms with Crippen LogP contribution in [0.2, 0.25) is 0 Å². The molecule has 2 atom stereocenters. The van der Waals surface area contributed by atoms with Crippen molar-refractivity contribution >= 4 is 22.5 Å². The average Bonchev–Trinajstić information content (AvgIpc) is 2.99. The summed E-state index contributed by atoms with van der Waals surface area (Å²) in [5.74, 6) is 0.394. The molecule has 0 aliphatic rings. The molecule has 0 aliphatic heterocycles. The van der Waals surface area contributed by atoms with Crippen molar-refractivity contribution in [1.82, 2.24) is 5.32 Å². The number of hydrogen-bond donors (Lipinski definition) is 3. The molecule has 0 saturated heterocycles. The molecule has 1 heterocycles. The van der Waals surface area contributed by atoms with Gasteiger partial charge in [0, 0.05) is 27.6 Å². The second-order valence-electron chi connectivity index (χ2n) is 4.34. The van der Waals surface area contributed by atoms with Crippen molar-refractivity contribution in [2.45, 2.75) is 11.0 Å². The van der Waals surface area contributed by atoms with Gasteiger partial charge in [-0.1, -0.05) is 0 Å². The number of anilines is 1. The van der Waals surface area contributed by atoms with Crippen molar-refractivity contribution in [3.8, 4) is 0 Å². The van der Waals surface area contributed by atoms with Gasteiger partial charge < -0.3 is 20.2 Å². The molecular formula is C14H16N2O4S. The second-order valence-corrected chi connectivity index (χ2v) is 5.72. The van der Waals surface area contributed by atoms with E-state index in [1.54, 1.807) is 42.7 Å². The Morgan fingerprint density at radius 2 is 2.05 bits per heavy atom. The molecule has 0 bridgehead atoms. The Balaban J connectivity index is 1.83. The highest BCUT2D eigenvalue weighted by Gasteiger charge is 2.11. The van der Waals surface area contributed by atoms with Crippen molar-refractivity contribution < 1.29 is 18.5 Å². The Bertz CT molecular complexity index is 610. The SMILES string of the molecule is CS(=O)c1ccc(NC(=O)NCC(O)c2ccco2)cc1. The minimum Gasteiger partial charge on any atom is -0.467 e. The number of aliphatic hydroxyl groups is 1. The molecule has 0 aliphatic carbocycles. The number of nitrogens with one attached hydrogen (secondary N) is 2. The van der Waals surface area contributed by atoms with E-state index in [0.717, 1.165) is 0 Å². The predicted molar refractivity (Wildman–Crippen MR) is 79.5 cm³/mol. The molecule has 0 spiro atoms. The third kappa shape index (κ3) is 4.44. The van der Waals surface area contributed by atoms with Gasteiger partial charge in [0.05, 0.1) is 12.8 Å². The number of carbonyl (C=O) groups is 1. The van der Waals surface area contributed by atoms with E-state index in [4.69, 9.17) is 4.42 Å². The van der Waals surface area contributed by atoms with E-state index in [-0.39, 0.29) is 6.54 Å². The molecule has 21 heavy (non-hydrogen) atoms. The first kappa shape index (κ1) is 15.3. The lowest BCUT2D eigenvalue weighted by Gasteiger charge is -2.11. The zero-order valence-corrected chi connectivity index (χ0v) is 12.2. The number of hydrogen-bond acceptors (Lipinski definition) is 4. The van der Waals surface area contributed by atoms with Gasteiger partial charge in [0.2, 0.25) is 0 Å². The van der Waals surface area contributed by atoms with Crippen LogP contribution in [0.1, 0.15) is 11.9 Å². The molecule has 0 saturated carbocycles. The third-order valence-electron chi connectivity index (χ3n) is 2.77. The van der Waals surface area contributed by atoms with Crippen LogP contribution in [-0.4, -0.2) is 28.1 Å². The maximum atomic E-state index is 11.7.